The van der Waals surface area contributed by atoms with Crippen molar-refractivity contribution in [2.75, 3.05) is 38.2 Å². The number of carbonyl (C=O) groups is 2. The molecule has 0 bridgehead atoms. The number of ketones is 1. The number of anilines is 1. The number of hydrogen-bond acceptors (Lipinski definition) is 5. The van der Waals surface area contributed by atoms with Gasteiger partial charge >= 0.3 is 0 Å². The van der Waals surface area contributed by atoms with Crippen LogP contribution in [0.5, 0.6) is 0 Å². The Hall–Kier alpha value is -3.35. The van der Waals surface area contributed by atoms with Crippen LogP contribution in [0.15, 0.2) is 66.9 Å². The summed E-state index contributed by atoms with van der Waals surface area (Å²) in [6, 6.07) is 19.0. The van der Waals surface area contributed by atoms with Crippen LogP contribution in [-0.2, 0) is 10.2 Å². The van der Waals surface area contributed by atoms with Crippen LogP contribution in [0.4, 0.5) is 5.82 Å². The van der Waals surface area contributed by atoms with E-state index < -0.39 is 0 Å². The zero-order valence-corrected chi connectivity index (χ0v) is 20.7. The number of nitrogens with one attached hydrogen (secondary N) is 1. The van der Waals surface area contributed by atoms with Gasteiger partial charge < -0.3 is 10.1 Å². The number of hydrogen-bond donors (Lipinski definition) is 1. The molecule has 1 aliphatic rings. The lowest BCUT2D eigenvalue weighted by atomic mass is 9.87. The van der Waals surface area contributed by atoms with Crippen LogP contribution in [0.3, 0.4) is 0 Å². The second-order valence-corrected chi connectivity index (χ2v) is 9.92. The Labute approximate surface area is 207 Å². The number of ether oxygens (including phenoxy) is 1. The average Bonchev–Trinajstić information content (AvgIpc) is 2.87. The maximum atomic E-state index is 12.8. The lowest BCUT2D eigenvalue weighted by Gasteiger charge is -2.26. The molecule has 1 aromatic heterocycles. The molecule has 35 heavy (non-hydrogen) atoms. The summed E-state index contributed by atoms with van der Waals surface area (Å²) in [6.07, 6.45) is 2.15. The molecule has 0 atom stereocenters. The molecule has 6 heteroatoms. The standard InChI is InChI=1S/C29H33N3O3/c1-29(2,3)25-9-7-21(8-10-25)28(34)31-27-20-23(11-13-30-27)22-5-4-6-24(19-22)26(33)12-14-32-15-17-35-18-16-32/h4-11,13,19-20H,12,14-18H2,1-3H3,(H,30,31,34). The maximum absolute atomic E-state index is 12.8. The molecule has 0 radical (unpaired) electrons. The number of nitrogens with zero attached hydrogens (tertiary/aromatic N) is 2. The highest BCUT2D eigenvalue weighted by Crippen LogP contribution is 2.24. The van der Waals surface area contributed by atoms with Gasteiger partial charge in [-0.05, 0) is 52.4 Å². The van der Waals surface area contributed by atoms with Gasteiger partial charge in [-0.25, -0.2) is 4.98 Å². The Morgan fingerprint density at radius 2 is 1.66 bits per heavy atom. The summed E-state index contributed by atoms with van der Waals surface area (Å²) < 4.78 is 5.37. The Morgan fingerprint density at radius 1 is 0.943 bits per heavy atom. The Balaban J connectivity index is 1.42. The minimum Gasteiger partial charge on any atom is -0.379 e. The minimum atomic E-state index is -0.206. The van der Waals surface area contributed by atoms with Gasteiger partial charge in [0.05, 0.1) is 13.2 Å². The van der Waals surface area contributed by atoms with Crippen molar-refractivity contribution in [3.63, 3.8) is 0 Å². The van der Waals surface area contributed by atoms with Crippen molar-refractivity contribution < 1.29 is 14.3 Å². The number of benzene rings is 2. The van der Waals surface area contributed by atoms with Crippen LogP contribution >= 0.6 is 0 Å². The zero-order valence-electron chi connectivity index (χ0n) is 20.7. The van der Waals surface area contributed by atoms with Crippen LogP contribution in [-0.4, -0.2) is 54.4 Å². The van der Waals surface area contributed by atoms with Gasteiger partial charge in [0, 0.05) is 43.4 Å². The van der Waals surface area contributed by atoms with Crippen molar-refractivity contribution in [1.29, 1.82) is 0 Å². The van der Waals surface area contributed by atoms with Crippen molar-refractivity contribution in [1.82, 2.24) is 9.88 Å². The molecule has 0 saturated carbocycles. The third-order valence-corrected chi connectivity index (χ3v) is 6.29. The third-order valence-electron chi connectivity index (χ3n) is 6.29. The van der Waals surface area contributed by atoms with E-state index in [9.17, 15) is 9.59 Å². The molecule has 0 aliphatic carbocycles. The van der Waals surface area contributed by atoms with E-state index in [4.69, 9.17) is 4.74 Å². The molecule has 0 unspecified atom stereocenters. The summed E-state index contributed by atoms with van der Waals surface area (Å²) in [6.45, 7) is 10.4. The van der Waals surface area contributed by atoms with Crippen molar-refractivity contribution >= 4 is 17.5 Å². The zero-order chi connectivity index (χ0) is 24.8. The molecule has 1 N–H and O–H groups in total. The third kappa shape index (κ3) is 6.62. The van der Waals surface area contributed by atoms with Crippen molar-refractivity contribution in [2.24, 2.45) is 0 Å². The van der Waals surface area contributed by atoms with Crippen molar-refractivity contribution in [3.8, 4) is 11.1 Å². The van der Waals surface area contributed by atoms with Gasteiger partial charge in [-0.1, -0.05) is 51.1 Å². The van der Waals surface area contributed by atoms with Gasteiger partial charge in [0.25, 0.3) is 5.91 Å². The summed E-state index contributed by atoms with van der Waals surface area (Å²) >= 11 is 0. The second kappa shape index (κ2) is 10.9. The first-order valence-electron chi connectivity index (χ1n) is 12.1. The van der Waals surface area contributed by atoms with E-state index in [1.807, 2.05) is 60.7 Å². The molecular formula is C29H33N3O3. The fraction of sp³-hybridized carbons (Fsp3) is 0.345. The van der Waals surface area contributed by atoms with Gasteiger partial charge in [-0.2, -0.15) is 0 Å². The Kier molecular flexibility index (Phi) is 7.73. The van der Waals surface area contributed by atoms with E-state index in [0.717, 1.165) is 44.0 Å². The lowest BCUT2D eigenvalue weighted by molar-refractivity contribution is 0.0370. The van der Waals surface area contributed by atoms with Crippen LogP contribution < -0.4 is 5.32 Å². The van der Waals surface area contributed by atoms with Gasteiger partial charge in [-0.15, -0.1) is 0 Å². The van der Waals surface area contributed by atoms with Crippen LogP contribution in [0.1, 0.15) is 53.5 Å². The number of aromatic nitrogens is 1. The van der Waals surface area contributed by atoms with Gasteiger partial charge in [0.2, 0.25) is 0 Å². The smallest absolute Gasteiger partial charge is 0.256 e. The average molecular weight is 472 g/mol. The fourth-order valence-corrected chi connectivity index (χ4v) is 4.09. The largest absolute Gasteiger partial charge is 0.379 e. The maximum Gasteiger partial charge on any atom is 0.256 e. The van der Waals surface area contributed by atoms with Crippen LogP contribution in [0.25, 0.3) is 11.1 Å². The highest BCUT2D eigenvalue weighted by molar-refractivity contribution is 6.04. The van der Waals surface area contributed by atoms with E-state index in [-0.39, 0.29) is 17.1 Å². The van der Waals surface area contributed by atoms with E-state index in [2.05, 4.69) is 36.0 Å². The summed E-state index contributed by atoms with van der Waals surface area (Å²) in [5.74, 6) is 0.387. The topological polar surface area (TPSA) is 71.5 Å². The minimum absolute atomic E-state index is 0.0311. The van der Waals surface area contributed by atoms with Gasteiger partial charge in [0.15, 0.2) is 5.78 Å². The molecule has 1 aliphatic heterocycles. The number of amides is 1. The summed E-state index contributed by atoms with van der Waals surface area (Å²) in [7, 11) is 0. The van der Waals surface area contributed by atoms with E-state index in [1.165, 1.54) is 5.56 Å². The van der Waals surface area contributed by atoms with Crippen LogP contribution in [0.2, 0.25) is 0 Å². The Bertz CT molecular complexity index is 1180. The number of rotatable bonds is 7. The normalized spacial score (nSPS) is 14.5. The molecular weight excluding hydrogens is 438 g/mol. The molecule has 182 valence electrons. The first-order valence-corrected chi connectivity index (χ1v) is 12.1. The fourth-order valence-electron chi connectivity index (χ4n) is 4.09. The quantitative estimate of drug-likeness (QED) is 0.480. The molecule has 4 rings (SSSR count). The Morgan fingerprint density at radius 3 is 2.37 bits per heavy atom. The highest BCUT2D eigenvalue weighted by Gasteiger charge is 2.16. The number of Topliss-reactive ketones (excluding diaryl/α,β-unsaturated/α-hetero) is 1. The number of pyridine rings is 1. The lowest BCUT2D eigenvalue weighted by Crippen LogP contribution is -2.37. The summed E-state index contributed by atoms with van der Waals surface area (Å²) in [5.41, 5.74) is 4.28. The number of morpholine rings is 1. The van der Waals surface area contributed by atoms with Gasteiger partial charge in [0.1, 0.15) is 5.82 Å². The second-order valence-electron chi connectivity index (χ2n) is 9.92. The molecule has 1 saturated heterocycles. The van der Waals surface area contributed by atoms with Gasteiger partial charge in [-0.3, -0.25) is 14.5 Å². The highest BCUT2D eigenvalue weighted by atomic mass is 16.5. The molecule has 3 aromatic rings. The van der Waals surface area contributed by atoms with E-state index in [0.29, 0.717) is 23.4 Å². The molecule has 2 aromatic carbocycles. The molecule has 0 spiro atoms. The molecule has 1 amide bonds. The first kappa shape index (κ1) is 24.8. The SMILES string of the molecule is CC(C)(C)c1ccc(C(=O)Nc2cc(-c3cccc(C(=O)CCN4CCOCC4)c3)ccn2)cc1. The predicted octanol–water partition coefficient (Wildman–Crippen LogP) is 5.20. The monoisotopic (exact) mass is 471 g/mol. The summed E-state index contributed by atoms with van der Waals surface area (Å²) in [5, 5.41) is 2.89. The van der Waals surface area contributed by atoms with Crippen molar-refractivity contribution in [3.05, 3.63) is 83.6 Å². The van der Waals surface area contributed by atoms with Crippen molar-refractivity contribution in [2.45, 2.75) is 32.6 Å². The molecule has 1 fully saturated rings. The number of carbonyl (C=O) groups excluding carboxylic acids is 2. The predicted molar refractivity (Wildman–Crippen MR) is 139 cm³/mol. The summed E-state index contributed by atoms with van der Waals surface area (Å²) in [4.78, 5) is 32.1. The molecule has 2 heterocycles. The van der Waals surface area contributed by atoms with E-state index in [1.54, 1.807) is 6.20 Å². The van der Waals surface area contributed by atoms with E-state index >= 15 is 0 Å². The van der Waals surface area contributed by atoms with Crippen LogP contribution in [0, 0.1) is 0 Å². The molecule has 6 nitrogen and oxygen atoms in total. The first-order chi connectivity index (χ1) is 16.8.